The number of nitrogens with one attached hydrogen (secondary N) is 1. The standard InChI is InChI=1S/C22H21FN2O2/c23-16-10-8-15(9-11-16)13-17-5-3-4-12-25(17)22(27)19-14-21(26)24-20-7-2-1-6-18(19)20/h1-2,6-11,14,17H,3-5,12-13H2,(H,24,26). The van der Waals surface area contributed by atoms with Gasteiger partial charge < -0.3 is 9.88 Å². The van der Waals surface area contributed by atoms with Crippen LogP contribution in [0.2, 0.25) is 0 Å². The molecule has 1 aliphatic heterocycles. The first kappa shape index (κ1) is 17.5. The predicted molar refractivity (Wildman–Crippen MR) is 103 cm³/mol. The smallest absolute Gasteiger partial charge is 0.255 e. The van der Waals surface area contributed by atoms with Crippen molar-refractivity contribution in [2.75, 3.05) is 6.54 Å². The van der Waals surface area contributed by atoms with Crippen LogP contribution in [0, 0.1) is 5.82 Å². The molecule has 1 unspecified atom stereocenters. The van der Waals surface area contributed by atoms with Crippen molar-refractivity contribution < 1.29 is 9.18 Å². The Morgan fingerprint density at radius 1 is 1.11 bits per heavy atom. The molecule has 0 spiro atoms. The Kier molecular flexibility index (Phi) is 4.75. The number of rotatable bonds is 3. The number of piperidine rings is 1. The lowest BCUT2D eigenvalue weighted by Gasteiger charge is -2.36. The number of likely N-dealkylation sites (tertiary alicyclic amines) is 1. The van der Waals surface area contributed by atoms with Crippen LogP contribution in [0.3, 0.4) is 0 Å². The van der Waals surface area contributed by atoms with E-state index in [2.05, 4.69) is 4.98 Å². The van der Waals surface area contributed by atoms with Crippen LogP contribution >= 0.6 is 0 Å². The van der Waals surface area contributed by atoms with Crippen LogP contribution in [-0.4, -0.2) is 28.4 Å². The van der Waals surface area contributed by atoms with Crippen LogP contribution in [0.15, 0.2) is 59.4 Å². The van der Waals surface area contributed by atoms with Gasteiger partial charge in [0.15, 0.2) is 0 Å². The Bertz CT molecular complexity index is 1030. The van der Waals surface area contributed by atoms with Crippen molar-refractivity contribution in [1.29, 1.82) is 0 Å². The first-order valence-corrected chi connectivity index (χ1v) is 9.29. The Morgan fingerprint density at radius 2 is 1.89 bits per heavy atom. The fourth-order valence-corrected chi connectivity index (χ4v) is 3.91. The molecule has 27 heavy (non-hydrogen) atoms. The number of amides is 1. The van der Waals surface area contributed by atoms with Crippen molar-refractivity contribution in [3.8, 4) is 0 Å². The van der Waals surface area contributed by atoms with Gasteiger partial charge in [-0.15, -0.1) is 0 Å². The van der Waals surface area contributed by atoms with Crippen molar-refractivity contribution in [3.05, 3.63) is 81.9 Å². The molecule has 0 saturated carbocycles. The molecule has 1 amide bonds. The molecule has 2 aromatic carbocycles. The van der Waals surface area contributed by atoms with Gasteiger partial charge in [-0.25, -0.2) is 4.39 Å². The van der Waals surface area contributed by atoms with Gasteiger partial charge in [-0.05, 0) is 49.4 Å². The van der Waals surface area contributed by atoms with E-state index in [0.29, 0.717) is 24.0 Å². The van der Waals surface area contributed by atoms with E-state index in [0.717, 1.165) is 30.2 Å². The van der Waals surface area contributed by atoms with Crippen LogP contribution in [0.1, 0.15) is 35.2 Å². The number of aromatic nitrogens is 1. The summed E-state index contributed by atoms with van der Waals surface area (Å²) in [5, 5.41) is 0.758. The lowest BCUT2D eigenvalue weighted by atomic mass is 9.94. The number of hydrogen-bond donors (Lipinski definition) is 1. The first-order valence-electron chi connectivity index (χ1n) is 9.29. The number of para-hydroxylation sites is 1. The number of halogens is 1. The highest BCUT2D eigenvalue weighted by Gasteiger charge is 2.28. The van der Waals surface area contributed by atoms with E-state index in [1.165, 1.54) is 18.2 Å². The predicted octanol–water partition coefficient (Wildman–Crippen LogP) is 3.90. The molecule has 1 saturated heterocycles. The number of benzene rings is 2. The molecule has 1 aromatic heterocycles. The normalized spacial score (nSPS) is 17.2. The lowest BCUT2D eigenvalue weighted by Crippen LogP contribution is -2.45. The molecule has 0 radical (unpaired) electrons. The fraction of sp³-hybridized carbons (Fsp3) is 0.273. The Hall–Kier alpha value is -2.95. The molecule has 0 bridgehead atoms. The number of hydrogen-bond acceptors (Lipinski definition) is 2. The van der Waals surface area contributed by atoms with E-state index in [1.807, 2.05) is 23.1 Å². The maximum Gasteiger partial charge on any atom is 0.255 e. The van der Waals surface area contributed by atoms with Gasteiger partial charge in [0, 0.05) is 29.6 Å². The number of H-pyrrole nitrogens is 1. The van der Waals surface area contributed by atoms with Crippen molar-refractivity contribution >= 4 is 16.8 Å². The summed E-state index contributed by atoms with van der Waals surface area (Å²) in [6.45, 7) is 0.672. The van der Waals surface area contributed by atoms with E-state index >= 15 is 0 Å². The summed E-state index contributed by atoms with van der Waals surface area (Å²) in [6.07, 6.45) is 3.61. The summed E-state index contributed by atoms with van der Waals surface area (Å²) in [6, 6.07) is 15.3. The number of aromatic amines is 1. The molecular formula is C22H21FN2O2. The third-order valence-electron chi connectivity index (χ3n) is 5.25. The number of carbonyl (C=O) groups is 1. The lowest BCUT2D eigenvalue weighted by molar-refractivity contribution is 0.0615. The van der Waals surface area contributed by atoms with E-state index < -0.39 is 0 Å². The number of nitrogens with zero attached hydrogens (tertiary/aromatic N) is 1. The minimum atomic E-state index is -0.274. The van der Waals surface area contributed by atoms with Crippen molar-refractivity contribution in [2.24, 2.45) is 0 Å². The van der Waals surface area contributed by atoms with Gasteiger partial charge in [0.1, 0.15) is 5.82 Å². The summed E-state index contributed by atoms with van der Waals surface area (Å²) in [5.74, 6) is -0.366. The maximum atomic E-state index is 13.3. The monoisotopic (exact) mass is 364 g/mol. The zero-order valence-corrected chi connectivity index (χ0v) is 15.0. The van der Waals surface area contributed by atoms with Gasteiger partial charge >= 0.3 is 0 Å². The SMILES string of the molecule is O=C(c1cc(=O)[nH]c2ccccc12)N1CCCCC1Cc1ccc(F)cc1. The van der Waals surface area contributed by atoms with Gasteiger partial charge in [0.2, 0.25) is 5.56 Å². The quantitative estimate of drug-likeness (QED) is 0.766. The maximum absolute atomic E-state index is 13.3. The zero-order valence-electron chi connectivity index (χ0n) is 15.0. The van der Waals surface area contributed by atoms with E-state index in [4.69, 9.17) is 0 Å². The third-order valence-corrected chi connectivity index (χ3v) is 5.25. The summed E-state index contributed by atoms with van der Waals surface area (Å²) in [4.78, 5) is 30.0. The van der Waals surface area contributed by atoms with Gasteiger partial charge in [-0.1, -0.05) is 30.3 Å². The molecule has 138 valence electrons. The molecule has 1 aliphatic rings. The molecule has 4 nitrogen and oxygen atoms in total. The number of pyridine rings is 1. The number of carbonyl (C=O) groups excluding carboxylic acids is 1. The molecule has 5 heteroatoms. The molecular weight excluding hydrogens is 343 g/mol. The highest BCUT2D eigenvalue weighted by atomic mass is 19.1. The van der Waals surface area contributed by atoms with Crippen molar-refractivity contribution in [1.82, 2.24) is 9.88 Å². The van der Waals surface area contributed by atoms with Crippen LogP contribution in [0.4, 0.5) is 4.39 Å². The third kappa shape index (κ3) is 3.63. The second kappa shape index (κ2) is 7.35. The average Bonchev–Trinajstić information content (AvgIpc) is 2.69. The summed E-state index contributed by atoms with van der Waals surface area (Å²) in [7, 11) is 0. The molecule has 1 N–H and O–H groups in total. The fourth-order valence-electron chi connectivity index (χ4n) is 3.91. The van der Waals surface area contributed by atoms with Crippen LogP contribution in [0.25, 0.3) is 10.9 Å². The van der Waals surface area contributed by atoms with Crippen LogP contribution in [-0.2, 0) is 6.42 Å². The van der Waals surface area contributed by atoms with Gasteiger partial charge in [-0.3, -0.25) is 9.59 Å². The van der Waals surface area contributed by atoms with E-state index in [1.54, 1.807) is 18.2 Å². The molecule has 3 aromatic rings. The summed E-state index contributed by atoms with van der Waals surface area (Å²) >= 11 is 0. The summed E-state index contributed by atoms with van der Waals surface area (Å²) < 4.78 is 13.2. The Balaban J connectivity index is 1.67. The largest absolute Gasteiger partial charge is 0.335 e. The summed E-state index contributed by atoms with van der Waals surface area (Å²) in [5.41, 5.74) is 1.85. The van der Waals surface area contributed by atoms with Crippen molar-refractivity contribution in [3.63, 3.8) is 0 Å². The molecule has 4 rings (SSSR count). The van der Waals surface area contributed by atoms with Crippen molar-refractivity contribution in [2.45, 2.75) is 31.7 Å². The molecule has 1 atom stereocenters. The highest BCUT2D eigenvalue weighted by molar-refractivity contribution is 6.06. The minimum Gasteiger partial charge on any atom is -0.335 e. The highest BCUT2D eigenvalue weighted by Crippen LogP contribution is 2.25. The van der Waals surface area contributed by atoms with Gasteiger partial charge in [0.25, 0.3) is 5.91 Å². The van der Waals surface area contributed by atoms with Crippen LogP contribution < -0.4 is 5.56 Å². The Morgan fingerprint density at radius 3 is 2.70 bits per heavy atom. The average molecular weight is 364 g/mol. The van der Waals surface area contributed by atoms with E-state index in [-0.39, 0.29) is 23.3 Å². The van der Waals surface area contributed by atoms with Crippen LogP contribution in [0.5, 0.6) is 0 Å². The minimum absolute atomic E-state index is 0.0507. The molecule has 2 heterocycles. The first-order chi connectivity index (χ1) is 13.1. The second-order valence-electron chi connectivity index (χ2n) is 7.07. The number of fused-ring (bicyclic) bond motifs is 1. The topological polar surface area (TPSA) is 53.2 Å². The molecule has 0 aliphatic carbocycles. The van der Waals surface area contributed by atoms with Gasteiger partial charge in [0.05, 0.1) is 5.56 Å². The zero-order chi connectivity index (χ0) is 18.8. The molecule has 1 fully saturated rings. The van der Waals surface area contributed by atoms with Gasteiger partial charge in [-0.2, -0.15) is 0 Å². The Labute approximate surface area is 156 Å². The second-order valence-corrected chi connectivity index (χ2v) is 7.07. The van der Waals surface area contributed by atoms with E-state index in [9.17, 15) is 14.0 Å².